The van der Waals surface area contributed by atoms with E-state index in [1.165, 1.54) is 0 Å². The molecule has 1 amide bonds. The van der Waals surface area contributed by atoms with Crippen LogP contribution in [0.4, 0.5) is 5.69 Å². The van der Waals surface area contributed by atoms with Crippen molar-refractivity contribution in [3.8, 4) is 0 Å². The number of hydrogen-bond donors (Lipinski definition) is 3. The Balaban J connectivity index is 1.76. The molecule has 5 nitrogen and oxygen atoms in total. The summed E-state index contributed by atoms with van der Waals surface area (Å²) in [6.07, 6.45) is 1.62. The zero-order chi connectivity index (χ0) is 15.2. The fourth-order valence-corrected chi connectivity index (χ4v) is 2.78. The number of piperidine rings is 1. The Bertz CT molecular complexity index is 470. The molecule has 1 fully saturated rings. The van der Waals surface area contributed by atoms with Crippen molar-refractivity contribution in [3.63, 3.8) is 0 Å². The van der Waals surface area contributed by atoms with Crippen LogP contribution in [0.2, 0.25) is 0 Å². The van der Waals surface area contributed by atoms with E-state index in [1.54, 1.807) is 6.92 Å². The monoisotopic (exact) mass is 291 g/mol. The summed E-state index contributed by atoms with van der Waals surface area (Å²) in [5.41, 5.74) is 7.30. The summed E-state index contributed by atoms with van der Waals surface area (Å²) >= 11 is 0. The van der Waals surface area contributed by atoms with Crippen LogP contribution in [0.3, 0.4) is 0 Å². The smallest absolute Gasteiger partial charge is 0.216 e. The molecular formula is C16H25N3O2. The van der Waals surface area contributed by atoms with Crippen LogP contribution >= 0.6 is 0 Å². The second kappa shape index (κ2) is 7.43. The number of nitrogens with two attached hydrogens (primary N) is 1. The minimum atomic E-state index is -0.500. The predicted molar refractivity (Wildman–Crippen MR) is 83.7 cm³/mol. The van der Waals surface area contributed by atoms with Gasteiger partial charge in [-0.3, -0.25) is 4.79 Å². The molecule has 1 unspecified atom stereocenters. The van der Waals surface area contributed by atoms with Gasteiger partial charge in [-0.25, -0.2) is 0 Å². The SMILES string of the molecule is CC(=O)NCC1CCN(CC(O)c2cccc(N)c2)CC1. The van der Waals surface area contributed by atoms with Gasteiger partial charge in [-0.15, -0.1) is 0 Å². The lowest BCUT2D eigenvalue weighted by Crippen LogP contribution is -2.39. The summed E-state index contributed by atoms with van der Waals surface area (Å²) in [4.78, 5) is 13.2. The van der Waals surface area contributed by atoms with Gasteiger partial charge in [0.05, 0.1) is 6.10 Å². The highest BCUT2D eigenvalue weighted by Gasteiger charge is 2.21. The highest BCUT2D eigenvalue weighted by atomic mass is 16.3. The van der Waals surface area contributed by atoms with Gasteiger partial charge >= 0.3 is 0 Å². The summed E-state index contributed by atoms with van der Waals surface area (Å²) in [6.45, 7) is 4.88. The van der Waals surface area contributed by atoms with E-state index in [2.05, 4.69) is 10.2 Å². The number of hydrogen-bond acceptors (Lipinski definition) is 4. The molecule has 1 aromatic carbocycles. The zero-order valence-electron chi connectivity index (χ0n) is 12.6. The molecule has 1 atom stereocenters. The third kappa shape index (κ3) is 5.02. The third-order valence-electron chi connectivity index (χ3n) is 4.07. The number of aliphatic hydroxyl groups is 1. The first-order valence-corrected chi connectivity index (χ1v) is 7.55. The van der Waals surface area contributed by atoms with E-state index in [-0.39, 0.29) is 5.91 Å². The highest BCUT2D eigenvalue weighted by molar-refractivity contribution is 5.72. The minimum absolute atomic E-state index is 0.0366. The van der Waals surface area contributed by atoms with Crippen molar-refractivity contribution >= 4 is 11.6 Å². The van der Waals surface area contributed by atoms with Gasteiger partial charge in [-0.1, -0.05) is 12.1 Å². The highest BCUT2D eigenvalue weighted by Crippen LogP contribution is 2.21. The van der Waals surface area contributed by atoms with Crippen LogP contribution in [0.15, 0.2) is 24.3 Å². The number of rotatable bonds is 5. The van der Waals surface area contributed by atoms with Gasteiger partial charge < -0.3 is 21.1 Å². The average molecular weight is 291 g/mol. The molecule has 5 heteroatoms. The lowest BCUT2D eigenvalue weighted by Gasteiger charge is -2.33. The molecule has 0 radical (unpaired) electrons. The molecule has 4 N–H and O–H groups in total. The molecule has 21 heavy (non-hydrogen) atoms. The van der Waals surface area contributed by atoms with Crippen LogP contribution in [-0.4, -0.2) is 42.1 Å². The number of anilines is 1. The number of likely N-dealkylation sites (tertiary alicyclic amines) is 1. The van der Waals surface area contributed by atoms with Crippen molar-refractivity contribution in [2.24, 2.45) is 5.92 Å². The van der Waals surface area contributed by atoms with Gasteiger partial charge in [0.2, 0.25) is 5.91 Å². The van der Waals surface area contributed by atoms with Gasteiger partial charge in [0.25, 0.3) is 0 Å². The quantitative estimate of drug-likeness (QED) is 0.711. The molecule has 2 rings (SSSR count). The Hall–Kier alpha value is -1.59. The molecule has 1 saturated heterocycles. The second-order valence-electron chi connectivity index (χ2n) is 5.87. The fraction of sp³-hybridized carbons (Fsp3) is 0.562. The van der Waals surface area contributed by atoms with Crippen molar-refractivity contribution in [2.75, 3.05) is 31.9 Å². The number of amides is 1. The lowest BCUT2D eigenvalue weighted by molar-refractivity contribution is -0.119. The maximum atomic E-state index is 10.9. The van der Waals surface area contributed by atoms with E-state index < -0.39 is 6.10 Å². The molecule has 1 aliphatic heterocycles. The Morgan fingerprint density at radius 3 is 2.81 bits per heavy atom. The molecule has 0 spiro atoms. The number of nitrogens with one attached hydrogen (secondary N) is 1. The fourth-order valence-electron chi connectivity index (χ4n) is 2.78. The Morgan fingerprint density at radius 2 is 2.19 bits per heavy atom. The number of benzene rings is 1. The van der Waals surface area contributed by atoms with E-state index in [9.17, 15) is 9.90 Å². The summed E-state index contributed by atoms with van der Waals surface area (Å²) < 4.78 is 0. The van der Waals surface area contributed by atoms with Gasteiger partial charge in [-0.05, 0) is 49.5 Å². The van der Waals surface area contributed by atoms with Crippen molar-refractivity contribution in [1.82, 2.24) is 10.2 Å². The van der Waals surface area contributed by atoms with Gasteiger partial charge in [0.15, 0.2) is 0 Å². The molecule has 1 aliphatic rings. The van der Waals surface area contributed by atoms with Crippen molar-refractivity contribution in [1.29, 1.82) is 0 Å². The lowest BCUT2D eigenvalue weighted by atomic mass is 9.96. The number of nitrogen functional groups attached to an aromatic ring is 1. The normalized spacial score (nSPS) is 18.4. The van der Waals surface area contributed by atoms with E-state index >= 15 is 0 Å². The number of aliphatic hydroxyl groups excluding tert-OH is 1. The van der Waals surface area contributed by atoms with Crippen LogP contribution in [0.1, 0.15) is 31.4 Å². The summed E-state index contributed by atoms with van der Waals surface area (Å²) in [7, 11) is 0. The maximum Gasteiger partial charge on any atom is 0.216 e. The van der Waals surface area contributed by atoms with Gasteiger partial charge in [-0.2, -0.15) is 0 Å². The van der Waals surface area contributed by atoms with Crippen LogP contribution in [0, 0.1) is 5.92 Å². The minimum Gasteiger partial charge on any atom is -0.399 e. The van der Waals surface area contributed by atoms with Crippen molar-refractivity contribution in [3.05, 3.63) is 29.8 Å². The molecule has 0 aliphatic carbocycles. The van der Waals surface area contributed by atoms with E-state index in [0.29, 0.717) is 18.2 Å². The van der Waals surface area contributed by atoms with Gasteiger partial charge in [0.1, 0.15) is 0 Å². The van der Waals surface area contributed by atoms with Crippen LogP contribution < -0.4 is 11.1 Å². The largest absolute Gasteiger partial charge is 0.399 e. The topological polar surface area (TPSA) is 78.6 Å². The van der Waals surface area contributed by atoms with Crippen LogP contribution in [-0.2, 0) is 4.79 Å². The molecule has 1 aromatic rings. The number of carbonyl (C=O) groups excluding carboxylic acids is 1. The van der Waals surface area contributed by atoms with E-state index in [1.807, 2.05) is 24.3 Å². The van der Waals surface area contributed by atoms with Crippen LogP contribution in [0.5, 0.6) is 0 Å². The first-order valence-electron chi connectivity index (χ1n) is 7.55. The second-order valence-corrected chi connectivity index (χ2v) is 5.87. The first kappa shape index (κ1) is 15.8. The summed E-state index contributed by atoms with van der Waals surface area (Å²) in [5.74, 6) is 0.587. The number of β-amino-alcohol motifs (C(OH)–C–C–N with tert-alkyl or cyclic N) is 1. The van der Waals surface area contributed by atoms with Crippen molar-refractivity contribution < 1.29 is 9.90 Å². The molecule has 1 heterocycles. The van der Waals surface area contributed by atoms with Crippen molar-refractivity contribution in [2.45, 2.75) is 25.9 Å². The third-order valence-corrected chi connectivity index (χ3v) is 4.07. The Kier molecular flexibility index (Phi) is 5.59. The number of carbonyl (C=O) groups is 1. The molecule has 0 saturated carbocycles. The summed E-state index contributed by atoms with van der Waals surface area (Å²) in [6, 6.07) is 7.43. The standard InChI is InChI=1S/C16H25N3O2/c1-12(20)18-10-13-5-7-19(8-6-13)11-16(21)14-3-2-4-15(17)9-14/h2-4,9,13,16,21H,5-8,10-11,17H2,1H3,(H,18,20). The zero-order valence-corrected chi connectivity index (χ0v) is 12.6. The molecule has 0 bridgehead atoms. The van der Waals surface area contributed by atoms with E-state index in [4.69, 9.17) is 5.73 Å². The summed E-state index contributed by atoms with van der Waals surface area (Å²) in [5, 5.41) is 13.2. The van der Waals surface area contributed by atoms with Crippen LogP contribution in [0.25, 0.3) is 0 Å². The molecule has 116 valence electrons. The van der Waals surface area contributed by atoms with E-state index in [0.717, 1.165) is 38.0 Å². The Morgan fingerprint density at radius 1 is 1.48 bits per heavy atom. The average Bonchev–Trinajstić information content (AvgIpc) is 2.46. The number of nitrogens with zero attached hydrogens (tertiary/aromatic N) is 1. The molecule has 0 aromatic heterocycles. The van der Waals surface area contributed by atoms with Gasteiger partial charge in [0, 0.05) is 25.7 Å². The Labute approximate surface area is 126 Å². The molecular weight excluding hydrogens is 266 g/mol. The maximum absolute atomic E-state index is 10.9. The predicted octanol–water partition coefficient (Wildman–Crippen LogP) is 1.15. The first-order chi connectivity index (χ1) is 10.0.